The highest BCUT2D eigenvalue weighted by Crippen LogP contribution is 2.42. The fourth-order valence-corrected chi connectivity index (χ4v) is 5.69. The summed E-state index contributed by atoms with van der Waals surface area (Å²) in [5.74, 6) is 1.74. The van der Waals surface area contributed by atoms with Crippen LogP contribution in [0.15, 0.2) is 107 Å². The average molecular weight is 550 g/mol. The van der Waals surface area contributed by atoms with E-state index >= 15 is 0 Å². The van der Waals surface area contributed by atoms with Crippen LogP contribution >= 0.6 is 11.3 Å². The molecule has 6 rings (SSSR count). The molecule has 0 saturated carbocycles. The lowest BCUT2D eigenvalue weighted by atomic mass is 10.0. The number of hydrazone groups is 1. The molecule has 0 N–H and O–H groups in total. The van der Waals surface area contributed by atoms with Crippen molar-refractivity contribution in [2.75, 3.05) is 12.1 Å². The number of furan rings is 1. The zero-order valence-corrected chi connectivity index (χ0v) is 22.9. The van der Waals surface area contributed by atoms with Gasteiger partial charge >= 0.3 is 5.97 Å². The number of aryl methyl sites for hydroxylation is 1. The molecule has 40 heavy (non-hydrogen) atoms. The Morgan fingerprint density at radius 1 is 0.950 bits per heavy atom. The molecule has 2 aromatic heterocycles. The van der Waals surface area contributed by atoms with E-state index in [9.17, 15) is 4.79 Å². The lowest BCUT2D eigenvalue weighted by molar-refractivity contribution is 0.0735. The molecule has 0 saturated heterocycles. The Balaban J connectivity index is 1.29. The minimum absolute atomic E-state index is 0.101. The van der Waals surface area contributed by atoms with Crippen molar-refractivity contribution in [3.05, 3.63) is 119 Å². The van der Waals surface area contributed by atoms with Gasteiger partial charge < -0.3 is 13.9 Å². The van der Waals surface area contributed by atoms with Gasteiger partial charge in [0, 0.05) is 16.9 Å². The Bertz CT molecular complexity index is 1630. The first kappa shape index (κ1) is 25.6. The van der Waals surface area contributed by atoms with Crippen LogP contribution in [0.25, 0.3) is 11.3 Å². The molecule has 8 heteroatoms. The smallest absolute Gasteiger partial charge is 0.343 e. The predicted octanol–water partition coefficient (Wildman–Crippen LogP) is 7.55. The summed E-state index contributed by atoms with van der Waals surface area (Å²) in [7, 11) is 1.66. The molecular weight excluding hydrogens is 522 g/mol. The molecule has 1 aliphatic rings. The first-order valence-corrected chi connectivity index (χ1v) is 13.9. The molecule has 0 spiro atoms. The normalized spacial score (nSPS) is 14.7. The number of rotatable bonds is 8. The van der Waals surface area contributed by atoms with E-state index in [2.05, 4.69) is 6.92 Å². The van der Waals surface area contributed by atoms with E-state index < -0.39 is 0 Å². The molecule has 1 atom stereocenters. The van der Waals surface area contributed by atoms with Gasteiger partial charge in [0.25, 0.3) is 0 Å². The zero-order valence-electron chi connectivity index (χ0n) is 22.1. The van der Waals surface area contributed by atoms with E-state index in [1.807, 2.05) is 71.7 Å². The number of hydrogen-bond donors (Lipinski definition) is 0. The van der Waals surface area contributed by atoms with E-state index in [-0.39, 0.29) is 12.0 Å². The minimum atomic E-state index is -0.387. The highest BCUT2D eigenvalue weighted by atomic mass is 32.1. The third-order valence-electron chi connectivity index (χ3n) is 6.76. The van der Waals surface area contributed by atoms with E-state index in [4.69, 9.17) is 24.0 Å². The highest BCUT2D eigenvalue weighted by Gasteiger charge is 2.34. The van der Waals surface area contributed by atoms with Crippen LogP contribution in [0.4, 0.5) is 5.13 Å². The minimum Gasteiger partial charge on any atom is -0.497 e. The van der Waals surface area contributed by atoms with Crippen LogP contribution in [0.3, 0.4) is 0 Å². The molecule has 200 valence electrons. The fraction of sp³-hybridized carbons (Fsp3) is 0.156. The third kappa shape index (κ3) is 5.13. The second-order valence-electron chi connectivity index (χ2n) is 9.26. The summed E-state index contributed by atoms with van der Waals surface area (Å²) >= 11 is 1.63. The monoisotopic (exact) mass is 549 g/mol. The summed E-state index contributed by atoms with van der Waals surface area (Å²) in [5.41, 5.74) is 4.35. The Labute approximate surface area is 236 Å². The quantitative estimate of drug-likeness (QED) is 0.147. The predicted molar refractivity (Wildman–Crippen MR) is 156 cm³/mol. The molecule has 1 aliphatic heterocycles. The van der Waals surface area contributed by atoms with Crippen molar-refractivity contribution in [2.45, 2.75) is 25.8 Å². The maximum atomic E-state index is 12.4. The second kappa shape index (κ2) is 11.2. The summed E-state index contributed by atoms with van der Waals surface area (Å²) in [6, 6.07) is 28.1. The van der Waals surface area contributed by atoms with Crippen LogP contribution in [0.1, 0.15) is 45.9 Å². The number of benzene rings is 3. The molecule has 0 amide bonds. The van der Waals surface area contributed by atoms with Gasteiger partial charge in [-0.05, 0) is 84.8 Å². The van der Waals surface area contributed by atoms with E-state index in [1.165, 1.54) is 0 Å². The van der Waals surface area contributed by atoms with Gasteiger partial charge in [-0.3, -0.25) is 0 Å². The maximum Gasteiger partial charge on any atom is 0.343 e. The molecular formula is C32H27N3O4S. The van der Waals surface area contributed by atoms with Gasteiger partial charge in [-0.2, -0.15) is 5.10 Å². The number of thiazole rings is 1. The first-order chi connectivity index (χ1) is 19.6. The Kier molecular flexibility index (Phi) is 7.16. The van der Waals surface area contributed by atoms with Crippen LogP contribution in [-0.4, -0.2) is 23.8 Å². The summed E-state index contributed by atoms with van der Waals surface area (Å²) in [6.07, 6.45) is 3.21. The van der Waals surface area contributed by atoms with Crippen LogP contribution in [0, 0.1) is 0 Å². The van der Waals surface area contributed by atoms with E-state index in [0.29, 0.717) is 17.7 Å². The van der Waals surface area contributed by atoms with Crippen molar-refractivity contribution in [3.8, 4) is 22.8 Å². The van der Waals surface area contributed by atoms with Gasteiger partial charge in [-0.25, -0.2) is 14.8 Å². The number of carbonyl (C=O) groups is 1. The van der Waals surface area contributed by atoms with Crippen molar-refractivity contribution in [3.63, 3.8) is 0 Å². The van der Waals surface area contributed by atoms with Crippen molar-refractivity contribution in [1.29, 1.82) is 0 Å². The van der Waals surface area contributed by atoms with Crippen molar-refractivity contribution >= 4 is 28.1 Å². The number of nitrogens with zero attached hydrogens (tertiary/aromatic N) is 3. The highest BCUT2D eigenvalue weighted by molar-refractivity contribution is 7.16. The number of methoxy groups -OCH3 is 1. The van der Waals surface area contributed by atoms with E-state index in [1.54, 1.807) is 49.0 Å². The van der Waals surface area contributed by atoms with E-state index in [0.717, 1.165) is 50.5 Å². The van der Waals surface area contributed by atoms with Crippen LogP contribution in [0.2, 0.25) is 0 Å². The Morgan fingerprint density at radius 3 is 2.35 bits per heavy atom. The van der Waals surface area contributed by atoms with Gasteiger partial charge in [0.05, 0.1) is 30.3 Å². The van der Waals surface area contributed by atoms with Gasteiger partial charge in [0.15, 0.2) is 0 Å². The van der Waals surface area contributed by atoms with Crippen molar-refractivity contribution in [2.24, 2.45) is 5.10 Å². The Morgan fingerprint density at radius 2 is 1.68 bits per heavy atom. The van der Waals surface area contributed by atoms with Gasteiger partial charge in [-0.15, -0.1) is 0 Å². The molecule has 0 bridgehead atoms. The number of carbonyl (C=O) groups excluding carboxylic acids is 1. The summed E-state index contributed by atoms with van der Waals surface area (Å²) in [6.45, 7) is 2.12. The number of ether oxygens (including phenoxy) is 2. The van der Waals surface area contributed by atoms with Crippen LogP contribution in [0.5, 0.6) is 11.5 Å². The summed E-state index contributed by atoms with van der Waals surface area (Å²) in [4.78, 5) is 18.6. The third-order valence-corrected chi connectivity index (χ3v) is 7.95. The number of esters is 1. The first-order valence-electron chi connectivity index (χ1n) is 13.0. The summed E-state index contributed by atoms with van der Waals surface area (Å²) < 4.78 is 16.7. The zero-order chi connectivity index (χ0) is 27.5. The standard InChI is InChI=1S/C32H27N3O4S/c1-3-29-30(22-13-17-25(18-14-22)39-31(36)23-8-5-4-6-9-23)33-32(40-29)35-27(28-10-7-19-38-28)20-26(34-35)21-11-15-24(37-2)16-12-21/h4-19,27H,3,20H2,1-2H3. The van der Waals surface area contributed by atoms with Gasteiger partial charge in [0.2, 0.25) is 5.13 Å². The Hall–Kier alpha value is -4.69. The molecule has 3 heterocycles. The molecule has 0 radical (unpaired) electrons. The molecule has 7 nitrogen and oxygen atoms in total. The molecule has 0 aliphatic carbocycles. The maximum absolute atomic E-state index is 12.4. The topological polar surface area (TPSA) is 77.2 Å². The average Bonchev–Trinajstić information content (AvgIpc) is 3.78. The number of hydrogen-bond acceptors (Lipinski definition) is 8. The lowest BCUT2D eigenvalue weighted by Gasteiger charge is -2.18. The molecule has 5 aromatic rings. The number of aromatic nitrogens is 1. The van der Waals surface area contributed by atoms with Gasteiger partial charge in [0.1, 0.15) is 23.3 Å². The van der Waals surface area contributed by atoms with Crippen molar-refractivity contribution < 1.29 is 18.7 Å². The molecule has 3 aromatic carbocycles. The molecule has 1 unspecified atom stereocenters. The summed E-state index contributed by atoms with van der Waals surface area (Å²) in [5, 5.41) is 7.80. The van der Waals surface area contributed by atoms with Gasteiger partial charge in [-0.1, -0.05) is 36.5 Å². The largest absolute Gasteiger partial charge is 0.497 e. The lowest BCUT2D eigenvalue weighted by Crippen LogP contribution is -2.17. The molecule has 0 fully saturated rings. The SMILES string of the molecule is CCc1sc(N2N=C(c3ccc(OC)cc3)CC2c2ccco2)nc1-c1ccc(OC(=O)c2ccccc2)cc1. The fourth-order valence-electron chi connectivity index (χ4n) is 4.67. The van der Waals surface area contributed by atoms with Crippen LogP contribution < -0.4 is 14.5 Å². The second-order valence-corrected chi connectivity index (χ2v) is 10.3. The van der Waals surface area contributed by atoms with Crippen molar-refractivity contribution in [1.82, 2.24) is 4.98 Å². The number of anilines is 1. The van der Waals surface area contributed by atoms with Crippen LogP contribution in [-0.2, 0) is 6.42 Å².